The molecule has 1 aliphatic rings. The van der Waals surface area contributed by atoms with Crippen LogP contribution in [0.1, 0.15) is 22.5 Å². The van der Waals surface area contributed by atoms with Crippen molar-refractivity contribution in [2.75, 3.05) is 13.1 Å². The first-order chi connectivity index (χ1) is 11.0. The number of piperidine rings is 1. The average Bonchev–Trinajstić information content (AvgIpc) is 3.09. The zero-order valence-electron chi connectivity index (χ0n) is 12.3. The van der Waals surface area contributed by atoms with Crippen LogP contribution in [-0.4, -0.2) is 31.6 Å². The van der Waals surface area contributed by atoms with Gasteiger partial charge in [0.1, 0.15) is 4.90 Å². The Hall–Kier alpha value is -1.21. The van der Waals surface area contributed by atoms with E-state index >= 15 is 0 Å². The molecule has 1 saturated heterocycles. The van der Waals surface area contributed by atoms with Crippen LogP contribution >= 0.6 is 22.9 Å². The van der Waals surface area contributed by atoms with Gasteiger partial charge < -0.3 is 0 Å². The van der Waals surface area contributed by atoms with E-state index in [1.165, 1.54) is 21.7 Å². The summed E-state index contributed by atoms with van der Waals surface area (Å²) in [5.41, 5.74) is 0. The molecule has 7 heteroatoms. The predicted molar refractivity (Wildman–Crippen MR) is 91.6 cm³/mol. The quantitative estimate of drug-likeness (QED) is 0.772. The number of halogens is 1. The third kappa shape index (κ3) is 3.35. The van der Waals surface area contributed by atoms with Gasteiger partial charge in [0.05, 0.1) is 9.90 Å². The summed E-state index contributed by atoms with van der Waals surface area (Å²) in [7, 11) is -3.60. The van der Waals surface area contributed by atoms with Crippen LogP contribution in [0, 0.1) is 5.92 Å². The van der Waals surface area contributed by atoms with Gasteiger partial charge >= 0.3 is 0 Å². The summed E-state index contributed by atoms with van der Waals surface area (Å²) >= 11 is 7.45. The standard InChI is InChI=1S/C16H16ClNO3S2/c17-13-4-1-2-6-15(13)23(20,21)18-9-7-12(8-10-18)16(19)14-5-3-11-22-14/h1-6,11-12H,7-10H2. The van der Waals surface area contributed by atoms with Crippen molar-refractivity contribution in [2.24, 2.45) is 5.92 Å². The number of nitrogens with zero attached hydrogens (tertiary/aromatic N) is 1. The number of benzene rings is 1. The molecule has 23 heavy (non-hydrogen) atoms. The van der Waals surface area contributed by atoms with Crippen LogP contribution in [0.2, 0.25) is 5.02 Å². The van der Waals surface area contributed by atoms with Gasteiger partial charge in [0.25, 0.3) is 0 Å². The normalized spacial score (nSPS) is 17.3. The first-order valence-corrected chi connectivity index (χ1v) is 10.0. The van der Waals surface area contributed by atoms with E-state index in [-0.39, 0.29) is 21.6 Å². The van der Waals surface area contributed by atoms with Gasteiger partial charge in [-0.2, -0.15) is 4.31 Å². The molecule has 0 saturated carbocycles. The molecule has 2 aromatic rings. The molecule has 0 unspecified atom stereocenters. The molecule has 0 aliphatic carbocycles. The zero-order chi connectivity index (χ0) is 16.4. The highest BCUT2D eigenvalue weighted by Gasteiger charge is 2.33. The highest BCUT2D eigenvalue weighted by Crippen LogP contribution is 2.29. The minimum atomic E-state index is -3.60. The number of ketones is 1. The average molecular weight is 370 g/mol. The smallest absolute Gasteiger partial charge is 0.244 e. The molecule has 4 nitrogen and oxygen atoms in total. The number of thiophene rings is 1. The first-order valence-electron chi connectivity index (χ1n) is 7.32. The van der Waals surface area contributed by atoms with E-state index in [1.807, 2.05) is 17.5 Å². The second-order valence-electron chi connectivity index (χ2n) is 5.45. The maximum absolute atomic E-state index is 12.7. The zero-order valence-corrected chi connectivity index (χ0v) is 14.7. The van der Waals surface area contributed by atoms with Gasteiger partial charge in [-0.3, -0.25) is 4.79 Å². The van der Waals surface area contributed by atoms with Crippen molar-refractivity contribution in [3.8, 4) is 0 Å². The number of Topliss-reactive ketones (excluding diaryl/α,β-unsaturated/α-hetero) is 1. The minimum Gasteiger partial charge on any atom is -0.293 e. The third-order valence-electron chi connectivity index (χ3n) is 4.04. The summed E-state index contributed by atoms with van der Waals surface area (Å²) in [6.07, 6.45) is 1.08. The Morgan fingerprint density at radius 1 is 1.13 bits per heavy atom. The maximum atomic E-state index is 12.7. The van der Waals surface area contributed by atoms with Crippen molar-refractivity contribution in [2.45, 2.75) is 17.7 Å². The van der Waals surface area contributed by atoms with Crippen molar-refractivity contribution >= 4 is 38.7 Å². The highest BCUT2D eigenvalue weighted by atomic mass is 35.5. The van der Waals surface area contributed by atoms with Crippen molar-refractivity contribution in [1.29, 1.82) is 0 Å². The number of hydrogen-bond donors (Lipinski definition) is 0. The van der Waals surface area contributed by atoms with Gasteiger partial charge in [-0.15, -0.1) is 11.3 Å². The van der Waals surface area contributed by atoms with Gasteiger partial charge in [-0.05, 0) is 36.4 Å². The molecule has 1 aromatic carbocycles. The lowest BCUT2D eigenvalue weighted by molar-refractivity contribution is 0.0879. The van der Waals surface area contributed by atoms with Crippen LogP contribution in [0.5, 0.6) is 0 Å². The molecular weight excluding hydrogens is 354 g/mol. The topological polar surface area (TPSA) is 54.5 Å². The first kappa shape index (κ1) is 16.6. The number of rotatable bonds is 4. The van der Waals surface area contributed by atoms with Crippen molar-refractivity contribution in [1.82, 2.24) is 4.31 Å². The summed E-state index contributed by atoms with van der Waals surface area (Å²) in [6, 6.07) is 10.1. The number of carbonyl (C=O) groups is 1. The summed E-state index contributed by atoms with van der Waals surface area (Å²) in [6.45, 7) is 0.685. The lowest BCUT2D eigenvalue weighted by Crippen LogP contribution is -2.40. The second kappa shape index (κ2) is 6.73. The van der Waals surface area contributed by atoms with Gasteiger partial charge in [0.2, 0.25) is 10.0 Å². The fourth-order valence-corrected chi connectivity index (χ4v) is 5.48. The fraction of sp³-hybridized carbons (Fsp3) is 0.312. The highest BCUT2D eigenvalue weighted by molar-refractivity contribution is 7.89. The van der Waals surface area contributed by atoms with Crippen LogP contribution < -0.4 is 0 Å². The second-order valence-corrected chi connectivity index (χ2v) is 8.71. The van der Waals surface area contributed by atoms with Crippen LogP contribution in [0.15, 0.2) is 46.7 Å². The van der Waals surface area contributed by atoms with Gasteiger partial charge in [0.15, 0.2) is 5.78 Å². The van der Waals surface area contributed by atoms with E-state index < -0.39 is 10.0 Å². The predicted octanol–water partition coefficient (Wildman–Crippen LogP) is 3.69. The van der Waals surface area contributed by atoms with Crippen molar-refractivity contribution in [3.63, 3.8) is 0 Å². The molecule has 1 fully saturated rings. The van der Waals surface area contributed by atoms with E-state index in [2.05, 4.69) is 0 Å². The van der Waals surface area contributed by atoms with Crippen molar-refractivity contribution in [3.05, 3.63) is 51.7 Å². The summed E-state index contributed by atoms with van der Waals surface area (Å²) in [4.78, 5) is 13.2. The summed E-state index contributed by atoms with van der Waals surface area (Å²) in [5, 5.41) is 2.11. The van der Waals surface area contributed by atoms with E-state index in [4.69, 9.17) is 11.6 Å². The maximum Gasteiger partial charge on any atom is 0.244 e. The lowest BCUT2D eigenvalue weighted by Gasteiger charge is -2.30. The number of hydrogen-bond acceptors (Lipinski definition) is 4. The fourth-order valence-electron chi connectivity index (χ4n) is 2.77. The lowest BCUT2D eigenvalue weighted by atomic mass is 9.93. The van der Waals surface area contributed by atoms with Crippen LogP contribution in [0.4, 0.5) is 0 Å². The molecule has 1 aromatic heterocycles. The Morgan fingerprint density at radius 2 is 1.83 bits per heavy atom. The summed E-state index contributed by atoms with van der Waals surface area (Å²) < 4.78 is 26.8. The minimum absolute atomic E-state index is 0.105. The Morgan fingerprint density at radius 3 is 2.43 bits per heavy atom. The summed E-state index contributed by atoms with van der Waals surface area (Å²) in [5.74, 6) is 0.0149. The monoisotopic (exact) mass is 369 g/mol. The SMILES string of the molecule is O=C(c1cccs1)C1CCN(S(=O)(=O)c2ccccc2Cl)CC1. The van der Waals surface area contributed by atoms with Gasteiger partial charge in [0, 0.05) is 19.0 Å². The van der Waals surface area contributed by atoms with E-state index in [0.717, 1.165) is 4.88 Å². The third-order valence-corrected chi connectivity index (χ3v) is 7.33. The molecule has 2 heterocycles. The van der Waals surface area contributed by atoms with Crippen LogP contribution in [0.3, 0.4) is 0 Å². The van der Waals surface area contributed by atoms with Crippen LogP contribution in [-0.2, 0) is 10.0 Å². The number of carbonyl (C=O) groups excluding carboxylic acids is 1. The molecular formula is C16H16ClNO3S2. The molecule has 0 bridgehead atoms. The molecule has 0 radical (unpaired) electrons. The Kier molecular flexibility index (Phi) is 4.87. The molecule has 0 atom stereocenters. The Balaban J connectivity index is 1.72. The van der Waals surface area contributed by atoms with Gasteiger partial charge in [-0.25, -0.2) is 8.42 Å². The molecule has 122 valence electrons. The number of sulfonamides is 1. The van der Waals surface area contributed by atoms with E-state index in [1.54, 1.807) is 18.2 Å². The van der Waals surface area contributed by atoms with Crippen molar-refractivity contribution < 1.29 is 13.2 Å². The molecule has 0 spiro atoms. The largest absolute Gasteiger partial charge is 0.293 e. The van der Waals surface area contributed by atoms with Crippen LogP contribution in [0.25, 0.3) is 0 Å². The molecule has 0 amide bonds. The Labute approximate surface area is 144 Å². The Bertz CT molecular complexity index is 794. The molecule has 1 aliphatic heterocycles. The van der Waals surface area contributed by atoms with E-state index in [9.17, 15) is 13.2 Å². The molecule has 0 N–H and O–H groups in total. The molecule has 3 rings (SSSR count). The van der Waals surface area contributed by atoms with E-state index in [0.29, 0.717) is 25.9 Å². The van der Waals surface area contributed by atoms with Gasteiger partial charge in [-0.1, -0.05) is 29.8 Å².